The molecule has 1 aromatic carbocycles. The van der Waals surface area contributed by atoms with E-state index in [0.717, 1.165) is 0 Å². The van der Waals surface area contributed by atoms with E-state index in [9.17, 15) is 13.2 Å². The first-order chi connectivity index (χ1) is 9.12. The summed E-state index contributed by atoms with van der Waals surface area (Å²) in [6.45, 7) is 5.69. The molecule has 0 aliphatic heterocycles. The first kappa shape index (κ1) is 16.6. The van der Waals surface area contributed by atoms with Crippen LogP contribution in [-0.4, -0.2) is 26.9 Å². The third-order valence-corrected chi connectivity index (χ3v) is 4.11. The second-order valence-corrected chi connectivity index (χ2v) is 6.51. The molecule has 0 saturated carbocycles. The fraction of sp³-hybridized carbons (Fsp3) is 0.462. The number of carbonyl (C=O) groups excluding carboxylic acids is 1. The van der Waals surface area contributed by atoms with Crippen molar-refractivity contribution in [3.63, 3.8) is 0 Å². The van der Waals surface area contributed by atoms with Gasteiger partial charge in [0.05, 0.1) is 4.90 Å². The number of aryl methyl sites for hydroxylation is 1. The van der Waals surface area contributed by atoms with Crippen LogP contribution in [0.25, 0.3) is 0 Å². The number of primary sulfonamides is 1. The Morgan fingerprint density at radius 1 is 1.35 bits per heavy atom. The molecule has 1 rings (SSSR count). The third kappa shape index (κ3) is 4.29. The van der Waals surface area contributed by atoms with Crippen LogP contribution in [0.3, 0.4) is 0 Å². The van der Waals surface area contributed by atoms with Gasteiger partial charge in [0.25, 0.3) is 5.91 Å². The van der Waals surface area contributed by atoms with E-state index in [1.807, 2.05) is 6.92 Å². The van der Waals surface area contributed by atoms with Crippen molar-refractivity contribution < 1.29 is 13.2 Å². The van der Waals surface area contributed by atoms with Crippen LogP contribution >= 0.6 is 0 Å². The van der Waals surface area contributed by atoms with Crippen LogP contribution in [0, 0.1) is 13.8 Å². The van der Waals surface area contributed by atoms with E-state index < -0.39 is 10.0 Å². The Morgan fingerprint density at radius 2 is 1.95 bits per heavy atom. The van der Waals surface area contributed by atoms with Crippen LogP contribution in [0.2, 0.25) is 0 Å². The zero-order valence-electron chi connectivity index (χ0n) is 11.9. The maximum Gasteiger partial charge on any atom is 0.251 e. The molecular formula is C13H21N3O3S. The largest absolute Gasteiger partial charge is 0.352 e. The number of hydrogen-bond donors (Lipinski definition) is 3. The van der Waals surface area contributed by atoms with Crippen LogP contribution in [0.5, 0.6) is 0 Å². The molecule has 1 amide bonds. The SMILES string of the molecule is Cc1cc(C(=O)NCCC(C)N)cc(S(N)(=O)=O)c1C. The molecule has 5 N–H and O–H groups in total. The normalized spacial score (nSPS) is 13.1. The molecule has 0 saturated heterocycles. The average Bonchev–Trinajstić information content (AvgIpc) is 2.30. The minimum Gasteiger partial charge on any atom is -0.352 e. The lowest BCUT2D eigenvalue weighted by Crippen LogP contribution is -2.29. The number of amides is 1. The Balaban J connectivity index is 3.03. The molecule has 0 fully saturated rings. The van der Waals surface area contributed by atoms with Gasteiger partial charge in [-0.05, 0) is 50.5 Å². The molecule has 1 aromatic rings. The van der Waals surface area contributed by atoms with Crippen molar-refractivity contribution in [3.05, 3.63) is 28.8 Å². The highest BCUT2D eigenvalue weighted by atomic mass is 32.2. The van der Waals surface area contributed by atoms with Crippen LogP contribution in [0.1, 0.15) is 34.8 Å². The van der Waals surface area contributed by atoms with Gasteiger partial charge in [0.1, 0.15) is 0 Å². The predicted molar refractivity (Wildman–Crippen MR) is 77.9 cm³/mol. The van der Waals surface area contributed by atoms with Crippen LogP contribution in [0.4, 0.5) is 0 Å². The van der Waals surface area contributed by atoms with Crippen LogP contribution in [0.15, 0.2) is 17.0 Å². The van der Waals surface area contributed by atoms with Crippen LogP contribution in [-0.2, 0) is 10.0 Å². The fourth-order valence-electron chi connectivity index (χ4n) is 1.77. The van der Waals surface area contributed by atoms with E-state index in [4.69, 9.17) is 10.9 Å². The fourth-order valence-corrected chi connectivity index (χ4v) is 2.65. The lowest BCUT2D eigenvalue weighted by Gasteiger charge is -2.11. The van der Waals surface area contributed by atoms with Crippen molar-refractivity contribution in [2.24, 2.45) is 10.9 Å². The highest BCUT2D eigenvalue weighted by Gasteiger charge is 2.17. The van der Waals surface area contributed by atoms with E-state index in [1.54, 1.807) is 19.9 Å². The number of carbonyl (C=O) groups is 1. The van der Waals surface area contributed by atoms with Crippen LogP contribution < -0.4 is 16.2 Å². The van der Waals surface area contributed by atoms with E-state index in [-0.39, 0.29) is 22.4 Å². The zero-order chi connectivity index (χ0) is 15.5. The molecule has 1 atom stereocenters. The molecule has 0 heterocycles. The molecule has 112 valence electrons. The molecule has 0 radical (unpaired) electrons. The minimum absolute atomic E-state index is 0.00460. The van der Waals surface area contributed by atoms with Crippen molar-refractivity contribution in [2.45, 2.75) is 38.1 Å². The quantitative estimate of drug-likeness (QED) is 0.730. The summed E-state index contributed by atoms with van der Waals surface area (Å²) in [7, 11) is -3.85. The van der Waals surface area contributed by atoms with Crippen molar-refractivity contribution in [2.75, 3.05) is 6.54 Å². The van der Waals surface area contributed by atoms with E-state index >= 15 is 0 Å². The monoisotopic (exact) mass is 299 g/mol. The summed E-state index contributed by atoms with van der Waals surface area (Å²) in [6, 6.07) is 2.94. The summed E-state index contributed by atoms with van der Waals surface area (Å²) in [5.74, 6) is -0.335. The number of nitrogens with one attached hydrogen (secondary N) is 1. The Morgan fingerprint density at radius 3 is 2.45 bits per heavy atom. The number of nitrogens with two attached hydrogens (primary N) is 2. The summed E-state index contributed by atoms with van der Waals surface area (Å²) in [5.41, 5.74) is 7.13. The van der Waals surface area contributed by atoms with Gasteiger partial charge in [-0.3, -0.25) is 4.79 Å². The van der Waals surface area contributed by atoms with E-state index in [0.29, 0.717) is 24.1 Å². The van der Waals surface area contributed by atoms with Crippen molar-refractivity contribution in [3.8, 4) is 0 Å². The number of benzene rings is 1. The summed E-state index contributed by atoms with van der Waals surface area (Å²) in [6.07, 6.45) is 0.651. The predicted octanol–water partition coefficient (Wildman–Crippen LogP) is 0.418. The molecule has 6 nitrogen and oxygen atoms in total. The summed E-state index contributed by atoms with van der Waals surface area (Å²) in [5, 5.41) is 7.86. The third-order valence-electron chi connectivity index (χ3n) is 3.07. The Bertz CT molecular complexity index is 610. The molecule has 0 aliphatic rings. The molecule has 0 spiro atoms. The molecule has 7 heteroatoms. The maximum atomic E-state index is 12.0. The lowest BCUT2D eigenvalue weighted by molar-refractivity contribution is 0.0952. The second kappa shape index (κ2) is 6.34. The zero-order valence-corrected chi connectivity index (χ0v) is 12.8. The number of rotatable bonds is 5. The molecule has 1 unspecified atom stereocenters. The van der Waals surface area contributed by atoms with E-state index in [1.165, 1.54) is 6.07 Å². The van der Waals surface area contributed by atoms with E-state index in [2.05, 4.69) is 5.32 Å². The molecular weight excluding hydrogens is 278 g/mol. The Labute approximate surface area is 119 Å². The molecule has 20 heavy (non-hydrogen) atoms. The van der Waals surface area contributed by atoms with Crippen molar-refractivity contribution in [1.29, 1.82) is 0 Å². The highest BCUT2D eigenvalue weighted by molar-refractivity contribution is 7.89. The van der Waals surface area contributed by atoms with Gasteiger partial charge in [-0.25, -0.2) is 13.6 Å². The second-order valence-electron chi connectivity index (χ2n) is 4.98. The van der Waals surface area contributed by atoms with Crippen molar-refractivity contribution >= 4 is 15.9 Å². The minimum atomic E-state index is -3.85. The Hall–Kier alpha value is -1.44. The summed E-state index contributed by atoms with van der Waals surface area (Å²) in [4.78, 5) is 12.0. The summed E-state index contributed by atoms with van der Waals surface area (Å²) < 4.78 is 23.0. The Kier molecular flexibility index (Phi) is 5.27. The maximum absolute atomic E-state index is 12.0. The topological polar surface area (TPSA) is 115 Å². The van der Waals surface area contributed by atoms with Gasteiger partial charge >= 0.3 is 0 Å². The van der Waals surface area contributed by atoms with Gasteiger partial charge in [-0.15, -0.1) is 0 Å². The smallest absolute Gasteiger partial charge is 0.251 e. The highest BCUT2D eigenvalue weighted by Crippen LogP contribution is 2.20. The summed E-state index contributed by atoms with van der Waals surface area (Å²) >= 11 is 0. The first-order valence-electron chi connectivity index (χ1n) is 6.30. The van der Waals surface area contributed by atoms with Gasteiger partial charge in [-0.1, -0.05) is 0 Å². The van der Waals surface area contributed by atoms with Gasteiger partial charge in [0.2, 0.25) is 10.0 Å². The van der Waals surface area contributed by atoms with Crippen molar-refractivity contribution in [1.82, 2.24) is 5.32 Å². The van der Waals surface area contributed by atoms with Gasteiger partial charge < -0.3 is 11.1 Å². The number of sulfonamides is 1. The van der Waals surface area contributed by atoms with Gasteiger partial charge in [0.15, 0.2) is 0 Å². The van der Waals surface area contributed by atoms with Gasteiger partial charge in [0, 0.05) is 18.2 Å². The van der Waals surface area contributed by atoms with Gasteiger partial charge in [-0.2, -0.15) is 0 Å². The standard InChI is InChI=1S/C13H21N3O3S/c1-8-6-11(13(17)16-5-4-9(2)14)7-12(10(8)3)20(15,18)19/h6-7,9H,4-5,14H2,1-3H3,(H,16,17)(H2,15,18,19). The number of hydrogen-bond acceptors (Lipinski definition) is 4. The lowest BCUT2D eigenvalue weighted by atomic mass is 10.1. The molecule has 0 bridgehead atoms. The first-order valence-corrected chi connectivity index (χ1v) is 7.85. The molecule has 0 aliphatic carbocycles. The molecule has 0 aromatic heterocycles. The average molecular weight is 299 g/mol.